The lowest BCUT2D eigenvalue weighted by molar-refractivity contribution is 0.260. The maximum atomic E-state index is 13.9. The zero-order valence-corrected chi connectivity index (χ0v) is 13.6. The van der Waals surface area contributed by atoms with Gasteiger partial charge in [0.15, 0.2) is 0 Å². The molecule has 0 aromatic heterocycles. The molecule has 1 aromatic rings. The van der Waals surface area contributed by atoms with Gasteiger partial charge in [0, 0.05) is 16.7 Å². The van der Waals surface area contributed by atoms with Crippen molar-refractivity contribution in [2.45, 2.75) is 42.0 Å². The van der Waals surface area contributed by atoms with Crippen molar-refractivity contribution >= 4 is 29.8 Å². The van der Waals surface area contributed by atoms with E-state index in [2.05, 4.69) is 4.72 Å². The third-order valence-corrected chi connectivity index (χ3v) is 6.62. The van der Waals surface area contributed by atoms with Crippen LogP contribution in [0.5, 0.6) is 0 Å². The van der Waals surface area contributed by atoms with Gasteiger partial charge in [-0.15, -0.1) is 0 Å². The van der Waals surface area contributed by atoms with Crippen LogP contribution < -0.4 is 4.72 Å². The SMILES string of the molecule is CC(NS(=O)(=O)c1ccc(S(=O)(=O)Cl)cc1F)C1CCC1. The van der Waals surface area contributed by atoms with Crippen LogP contribution in [0, 0.1) is 11.7 Å². The van der Waals surface area contributed by atoms with Gasteiger partial charge in [-0.3, -0.25) is 0 Å². The van der Waals surface area contributed by atoms with Gasteiger partial charge in [-0.2, -0.15) is 0 Å². The number of hydrogen-bond acceptors (Lipinski definition) is 4. The van der Waals surface area contributed by atoms with Gasteiger partial charge in [0.25, 0.3) is 9.05 Å². The van der Waals surface area contributed by atoms with Crippen molar-refractivity contribution in [2.75, 3.05) is 0 Å². The molecular weight excluding hydrogens is 341 g/mol. The van der Waals surface area contributed by atoms with Crippen LogP contribution in [0.2, 0.25) is 0 Å². The maximum Gasteiger partial charge on any atom is 0.261 e. The van der Waals surface area contributed by atoms with Crippen LogP contribution in [0.1, 0.15) is 26.2 Å². The average molecular weight is 356 g/mol. The van der Waals surface area contributed by atoms with Gasteiger partial charge in [0.1, 0.15) is 10.7 Å². The Morgan fingerprint density at radius 2 is 1.90 bits per heavy atom. The Bertz CT molecular complexity index is 745. The van der Waals surface area contributed by atoms with Crippen LogP contribution in [0.15, 0.2) is 28.0 Å². The molecule has 21 heavy (non-hydrogen) atoms. The smallest absolute Gasteiger partial charge is 0.208 e. The summed E-state index contributed by atoms with van der Waals surface area (Å²) in [7, 11) is -3.05. The number of sulfonamides is 1. The summed E-state index contributed by atoms with van der Waals surface area (Å²) in [4.78, 5) is -1.06. The van der Waals surface area contributed by atoms with Crippen molar-refractivity contribution in [1.82, 2.24) is 4.72 Å². The number of rotatable bonds is 5. The van der Waals surface area contributed by atoms with E-state index in [-0.39, 0.29) is 12.0 Å². The first-order chi connectivity index (χ1) is 9.61. The first kappa shape index (κ1) is 16.7. The van der Waals surface area contributed by atoms with Gasteiger partial charge in [-0.1, -0.05) is 6.42 Å². The fourth-order valence-electron chi connectivity index (χ4n) is 2.20. The van der Waals surface area contributed by atoms with E-state index in [0.29, 0.717) is 6.07 Å². The second kappa shape index (κ2) is 5.83. The van der Waals surface area contributed by atoms with Gasteiger partial charge in [0.05, 0.1) is 4.90 Å². The highest BCUT2D eigenvalue weighted by Gasteiger charge is 2.29. The quantitative estimate of drug-likeness (QED) is 0.821. The minimum Gasteiger partial charge on any atom is -0.208 e. The molecule has 1 fully saturated rings. The number of halogens is 2. The molecule has 1 atom stereocenters. The predicted molar refractivity (Wildman–Crippen MR) is 76.6 cm³/mol. The Hall–Kier alpha value is -0.700. The normalized spacial score (nSPS) is 18.2. The fraction of sp³-hybridized carbons (Fsp3) is 0.500. The topological polar surface area (TPSA) is 80.3 Å². The van der Waals surface area contributed by atoms with E-state index in [0.717, 1.165) is 31.4 Å². The Kier molecular flexibility index (Phi) is 4.63. The van der Waals surface area contributed by atoms with Crippen LogP contribution in [0.3, 0.4) is 0 Å². The van der Waals surface area contributed by atoms with Gasteiger partial charge >= 0.3 is 0 Å². The molecule has 0 amide bonds. The number of hydrogen-bond donors (Lipinski definition) is 1. The Labute approximate surface area is 128 Å². The molecule has 9 heteroatoms. The number of nitrogens with one attached hydrogen (secondary N) is 1. The molecule has 1 unspecified atom stereocenters. The summed E-state index contributed by atoms with van der Waals surface area (Å²) in [6.07, 6.45) is 2.94. The lowest BCUT2D eigenvalue weighted by Crippen LogP contribution is -2.40. The fourth-order valence-corrected chi connectivity index (χ4v) is 4.33. The van der Waals surface area contributed by atoms with E-state index in [1.54, 1.807) is 6.92 Å². The van der Waals surface area contributed by atoms with Gasteiger partial charge < -0.3 is 0 Å². The second-order valence-electron chi connectivity index (χ2n) is 5.13. The monoisotopic (exact) mass is 355 g/mol. The van der Waals surface area contributed by atoms with Crippen molar-refractivity contribution in [1.29, 1.82) is 0 Å². The third-order valence-electron chi connectivity index (χ3n) is 3.67. The molecule has 0 saturated heterocycles. The average Bonchev–Trinajstić information content (AvgIpc) is 2.23. The second-order valence-corrected chi connectivity index (χ2v) is 9.38. The summed E-state index contributed by atoms with van der Waals surface area (Å²) >= 11 is 0. The van der Waals surface area contributed by atoms with Crippen LogP contribution in [0.25, 0.3) is 0 Å². The largest absolute Gasteiger partial charge is 0.261 e. The standard InChI is InChI=1S/C12H15ClFNO4S2/c1-8(9-3-2-4-9)15-21(18,19)12-6-5-10(7-11(12)14)20(13,16)17/h5-9,15H,2-4H2,1H3. The van der Waals surface area contributed by atoms with Crippen LogP contribution in [0.4, 0.5) is 4.39 Å². The third kappa shape index (κ3) is 3.74. The lowest BCUT2D eigenvalue weighted by atomic mass is 9.81. The summed E-state index contributed by atoms with van der Waals surface area (Å²) in [6.45, 7) is 1.73. The molecule has 0 heterocycles. The van der Waals surface area contributed by atoms with E-state index < -0.39 is 34.7 Å². The van der Waals surface area contributed by atoms with E-state index in [9.17, 15) is 21.2 Å². The van der Waals surface area contributed by atoms with Crippen LogP contribution >= 0.6 is 10.7 Å². The first-order valence-corrected chi connectivity index (χ1v) is 10.2. The summed E-state index contributed by atoms with van der Waals surface area (Å²) in [5.74, 6) is -0.893. The van der Waals surface area contributed by atoms with Gasteiger partial charge in [-0.05, 0) is 43.9 Å². The first-order valence-electron chi connectivity index (χ1n) is 6.38. The van der Waals surface area contributed by atoms with Gasteiger partial charge in [0.2, 0.25) is 10.0 Å². The van der Waals surface area contributed by atoms with Crippen molar-refractivity contribution < 1.29 is 21.2 Å². The highest BCUT2D eigenvalue weighted by molar-refractivity contribution is 8.13. The lowest BCUT2D eigenvalue weighted by Gasteiger charge is -2.31. The van der Waals surface area contributed by atoms with Crippen LogP contribution in [-0.2, 0) is 19.1 Å². The highest BCUT2D eigenvalue weighted by atomic mass is 35.7. The summed E-state index contributed by atoms with van der Waals surface area (Å²) in [5.41, 5.74) is 0. The molecule has 5 nitrogen and oxygen atoms in total. The predicted octanol–water partition coefficient (Wildman–Crippen LogP) is 2.22. The maximum absolute atomic E-state index is 13.9. The van der Waals surface area contributed by atoms with E-state index >= 15 is 0 Å². The molecule has 118 valence electrons. The summed E-state index contributed by atoms with van der Waals surface area (Å²) in [6, 6.07) is 2.18. The zero-order chi connectivity index (χ0) is 15.8. The summed E-state index contributed by atoms with van der Waals surface area (Å²) < 4.78 is 62.8. The minimum atomic E-state index is -4.10. The Balaban J connectivity index is 2.28. The van der Waals surface area contributed by atoms with Gasteiger partial charge in [-0.25, -0.2) is 25.9 Å². The molecule has 0 bridgehead atoms. The molecule has 2 rings (SSSR count). The minimum absolute atomic E-state index is 0.255. The van der Waals surface area contributed by atoms with E-state index in [1.807, 2.05) is 0 Å². The molecule has 1 N–H and O–H groups in total. The van der Waals surface area contributed by atoms with Crippen molar-refractivity contribution in [3.05, 3.63) is 24.0 Å². The molecule has 0 radical (unpaired) electrons. The molecular formula is C12H15ClFNO4S2. The van der Waals surface area contributed by atoms with Crippen LogP contribution in [-0.4, -0.2) is 22.9 Å². The number of benzene rings is 1. The molecule has 0 aliphatic heterocycles. The molecule has 1 aromatic carbocycles. The molecule has 1 aliphatic carbocycles. The summed E-state index contributed by atoms with van der Waals surface area (Å²) in [5, 5.41) is 0. The van der Waals surface area contributed by atoms with E-state index in [1.165, 1.54) is 0 Å². The molecule has 1 saturated carbocycles. The Morgan fingerprint density at radius 3 is 2.33 bits per heavy atom. The van der Waals surface area contributed by atoms with Crippen molar-refractivity contribution in [3.8, 4) is 0 Å². The highest BCUT2D eigenvalue weighted by Crippen LogP contribution is 2.30. The molecule has 0 spiro atoms. The Morgan fingerprint density at radius 1 is 1.29 bits per heavy atom. The van der Waals surface area contributed by atoms with Crippen molar-refractivity contribution in [3.63, 3.8) is 0 Å². The molecule has 1 aliphatic rings. The van der Waals surface area contributed by atoms with E-state index in [4.69, 9.17) is 10.7 Å². The van der Waals surface area contributed by atoms with Crippen molar-refractivity contribution in [2.24, 2.45) is 5.92 Å². The zero-order valence-electron chi connectivity index (χ0n) is 11.2.